The zero-order valence-electron chi connectivity index (χ0n) is 9.37. The van der Waals surface area contributed by atoms with E-state index in [-0.39, 0.29) is 0 Å². The van der Waals surface area contributed by atoms with Crippen molar-refractivity contribution in [3.05, 3.63) is 0 Å². The van der Waals surface area contributed by atoms with Crippen molar-refractivity contribution < 1.29 is 0 Å². The van der Waals surface area contributed by atoms with Crippen molar-refractivity contribution in [3.63, 3.8) is 0 Å². The zero-order valence-corrected chi connectivity index (χ0v) is 11.0. The van der Waals surface area contributed by atoms with E-state index in [1.54, 1.807) is 0 Å². The Kier molecular flexibility index (Phi) is 10.6. The molecule has 0 aliphatic heterocycles. The summed E-state index contributed by atoms with van der Waals surface area (Å²) in [6.07, 6.45) is 4.44. The average molecular weight is 236 g/mol. The van der Waals surface area contributed by atoms with E-state index in [4.69, 9.17) is 11.5 Å². The Balaban J connectivity index is 3.06. The molecule has 2 nitrogen and oxygen atoms in total. The third-order valence-corrected chi connectivity index (χ3v) is 4.75. The molecule has 0 radical (unpaired) electrons. The lowest BCUT2D eigenvalue weighted by Crippen LogP contribution is -2.19. The summed E-state index contributed by atoms with van der Waals surface area (Å²) in [5, 5.41) is 0. The lowest BCUT2D eigenvalue weighted by atomic mass is 10.2. The molecule has 0 bridgehead atoms. The van der Waals surface area contributed by atoms with Crippen molar-refractivity contribution in [3.8, 4) is 0 Å². The molecule has 0 fully saturated rings. The van der Waals surface area contributed by atoms with Gasteiger partial charge in [0.05, 0.1) is 0 Å². The van der Waals surface area contributed by atoms with Crippen LogP contribution in [0.25, 0.3) is 0 Å². The maximum absolute atomic E-state index is 5.81. The quantitative estimate of drug-likeness (QED) is 0.477. The van der Waals surface area contributed by atoms with Gasteiger partial charge in [0.15, 0.2) is 0 Å². The van der Waals surface area contributed by atoms with Crippen LogP contribution >= 0.6 is 21.6 Å². The lowest BCUT2D eigenvalue weighted by Gasteiger charge is -2.09. The first kappa shape index (κ1) is 14.6. The minimum Gasteiger partial charge on any atom is -0.328 e. The summed E-state index contributed by atoms with van der Waals surface area (Å²) in [7, 11) is 3.86. The normalized spacial score (nSPS) is 15.4. The van der Waals surface area contributed by atoms with Crippen molar-refractivity contribution in [2.45, 2.75) is 51.6 Å². The maximum atomic E-state index is 5.81. The smallest absolute Gasteiger partial charge is 0.00516 e. The number of nitrogens with two attached hydrogens (primary N) is 2. The van der Waals surface area contributed by atoms with E-state index in [2.05, 4.69) is 13.8 Å². The third kappa shape index (κ3) is 9.19. The Morgan fingerprint density at radius 1 is 0.857 bits per heavy atom. The monoisotopic (exact) mass is 236 g/mol. The van der Waals surface area contributed by atoms with Crippen LogP contribution in [0, 0.1) is 0 Å². The summed E-state index contributed by atoms with van der Waals surface area (Å²) in [4.78, 5) is 0. The summed E-state index contributed by atoms with van der Waals surface area (Å²) in [5.41, 5.74) is 11.6. The van der Waals surface area contributed by atoms with Gasteiger partial charge in [-0.1, -0.05) is 35.4 Å². The highest BCUT2D eigenvalue weighted by atomic mass is 33.1. The fourth-order valence-corrected chi connectivity index (χ4v) is 3.24. The maximum Gasteiger partial charge on any atom is 0.00516 e. The summed E-state index contributed by atoms with van der Waals surface area (Å²) in [5.74, 6) is 2.34. The second-order valence-corrected chi connectivity index (χ2v) is 6.26. The Morgan fingerprint density at radius 3 is 1.50 bits per heavy atom. The summed E-state index contributed by atoms with van der Waals surface area (Å²) < 4.78 is 0. The summed E-state index contributed by atoms with van der Waals surface area (Å²) in [6.45, 7) is 4.28. The topological polar surface area (TPSA) is 52.0 Å². The van der Waals surface area contributed by atoms with E-state index in [1.165, 1.54) is 11.5 Å². The molecular formula is C10H24N2S2. The molecule has 4 heteroatoms. The molecule has 0 heterocycles. The number of rotatable bonds is 9. The Hall–Kier alpha value is 0.620. The zero-order chi connectivity index (χ0) is 10.8. The Morgan fingerprint density at radius 2 is 1.21 bits per heavy atom. The van der Waals surface area contributed by atoms with Gasteiger partial charge in [-0.05, 0) is 25.7 Å². The largest absolute Gasteiger partial charge is 0.328 e. The summed E-state index contributed by atoms with van der Waals surface area (Å²) >= 11 is 0. The minimum atomic E-state index is 0.390. The van der Waals surface area contributed by atoms with Gasteiger partial charge >= 0.3 is 0 Å². The van der Waals surface area contributed by atoms with E-state index in [0.29, 0.717) is 12.1 Å². The van der Waals surface area contributed by atoms with Crippen molar-refractivity contribution in [2.24, 2.45) is 11.5 Å². The van der Waals surface area contributed by atoms with Crippen LogP contribution in [0.2, 0.25) is 0 Å². The van der Waals surface area contributed by atoms with E-state index >= 15 is 0 Å². The molecule has 0 spiro atoms. The van der Waals surface area contributed by atoms with E-state index < -0.39 is 0 Å². The third-order valence-electron chi connectivity index (χ3n) is 2.28. The molecule has 0 aromatic carbocycles. The van der Waals surface area contributed by atoms with Crippen molar-refractivity contribution >= 4 is 21.6 Å². The average Bonchev–Trinajstić information content (AvgIpc) is 2.22. The van der Waals surface area contributed by atoms with Gasteiger partial charge in [-0.3, -0.25) is 0 Å². The molecule has 4 N–H and O–H groups in total. The van der Waals surface area contributed by atoms with Gasteiger partial charge in [0.1, 0.15) is 0 Å². The minimum absolute atomic E-state index is 0.390. The molecule has 0 aromatic rings. The lowest BCUT2D eigenvalue weighted by molar-refractivity contribution is 0.633. The molecular weight excluding hydrogens is 212 g/mol. The van der Waals surface area contributed by atoms with Crippen LogP contribution in [-0.4, -0.2) is 23.6 Å². The van der Waals surface area contributed by atoms with Crippen LogP contribution < -0.4 is 11.5 Å². The first-order valence-corrected chi connectivity index (χ1v) is 7.95. The fraction of sp³-hybridized carbons (Fsp3) is 1.00. The molecule has 0 aliphatic carbocycles. The fourth-order valence-electron chi connectivity index (χ4n) is 0.925. The van der Waals surface area contributed by atoms with Gasteiger partial charge in [-0.25, -0.2) is 0 Å². The van der Waals surface area contributed by atoms with Gasteiger partial charge < -0.3 is 11.5 Å². The highest BCUT2D eigenvalue weighted by Crippen LogP contribution is 2.23. The molecule has 14 heavy (non-hydrogen) atoms. The van der Waals surface area contributed by atoms with E-state index in [1.807, 2.05) is 21.6 Å². The van der Waals surface area contributed by atoms with E-state index in [0.717, 1.165) is 25.7 Å². The molecule has 0 aliphatic rings. The first-order chi connectivity index (χ1) is 6.70. The molecule has 0 amide bonds. The second kappa shape index (κ2) is 10.1. The second-order valence-electron chi connectivity index (χ2n) is 3.56. The SMILES string of the molecule is CCC(N)CCSSCCC(N)CC. The molecule has 0 rings (SSSR count). The van der Waals surface area contributed by atoms with Gasteiger partial charge in [0.2, 0.25) is 0 Å². The molecule has 2 unspecified atom stereocenters. The van der Waals surface area contributed by atoms with Crippen molar-refractivity contribution in [1.29, 1.82) is 0 Å². The van der Waals surface area contributed by atoms with Crippen LogP contribution in [0.15, 0.2) is 0 Å². The van der Waals surface area contributed by atoms with Gasteiger partial charge in [-0.2, -0.15) is 0 Å². The number of hydrogen-bond donors (Lipinski definition) is 2. The van der Waals surface area contributed by atoms with Gasteiger partial charge in [0, 0.05) is 23.6 Å². The molecule has 0 saturated heterocycles. The molecule has 0 saturated carbocycles. The standard InChI is InChI=1S/C10H24N2S2/c1-3-9(11)5-7-13-14-8-6-10(12)4-2/h9-10H,3-8,11-12H2,1-2H3. The van der Waals surface area contributed by atoms with Crippen LogP contribution in [0.1, 0.15) is 39.5 Å². The van der Waals surface area contributed by atoms with Gasteiger partial charge in [-0.15, -0.1) is 0 Å². The van der Waals surface area contributed by atoms with Crippen LogP contribution in [-0.2, 0) is 0 Å². The van der Waals surface area contributed by atoms with Gasteiger partial charge in [0.25, 0.3) is 0 Å². The Bertz CT molecular complexity index is 109. The Labute approximate surface area is 96.3 Å². The number of hydrogen-bond acceptors (Lipinski definition) is 4. The van der Waals surface area contributed by atoms with Crippen molar-refractivity contribution in [2.75, 3.05) is 11.5 Å². The molecule has 86 valence electrons. The predicted molar refractivity (Wildman–Crippen MR) is 70.7 cm³/mol. The predicted octanol–water partition coefficient (Wildman–Crippen LogP) is 2.62. The van der Waals surface area contributed by atoms with E-state index in [9.17, 15) is 0 Å². The first-order valence-electron chi connectivity index (χ1n) is 5.46. The van der Waals surface area contributed by atoms with Crippen LogP contribution in [0.3, 0.4) is 0 Å². The van der Waals surface area contributed by atoms with Crippen LogP contribution in [0.4, 0.5) is 0 Å². The summed E-state index contributed by atoms with van der Waals surface area (Å²) in [6, 6.07) is 0.780. The molecule has 0 aromatic heterocycles. The van der Waals surface area contributed by atoms with Crippen molar-refractivity contribution in [1.82, 2.24) is 0 Å². The highest BCUT2D eigenvalue weighted by Gasteiger charge is 2.01. The van der Waals surface area contributed by atoms with Crippen LogP contribution in [0.5, 0.6) is 0 Å². The molecule has 2 atom stereocenters. The highest BCUT2D eigenvalue weighted by molar-refractivity contribution is 8.76.